The first-order chi connectivity index (χ1) is 6.60. The van der Waals surface area contributed by atoms with Crippen LogP contribution in [-0.2, 0) is 5.41 Å². The molecule has 0 amide bonds. The van der Waals surface area contributed by atoms with Crippen molar-refractivity contribution in [1.82, 2.24) is 4.98 Å². The second kappa shape index (κ2) is 4.42. The van der Waals surface area contributed by atoms with Crippen LogP contribution >= 0.6 is 0 Å². The van der Waals surface area contributed by atoms with Gasteiger partial charge in [0.1, 0.15) is 5.75 Å². The number of pyridine rings is 1. The first-order valence-electron chi connectivity index (χ1n) is 4.88. The number of hydrogen-bond acceptors (Lipinski definition) is 3. The topological polar surface area (TPSA) is 48.1 Å². The van der Waals surface area contributed by atoms with Crippen LogP contribution in [0.25, 0.3) is 0 Å². The highest BCUT2D eigenvalue weighted by Crippen LogP contribution is 2.24. The third kappa shape index (κ3) is 2.45. The average Bonchev–Trinajstić information content (AvgIpc) is 2.19. The van der Waals surface area contributed by atoms with Gasteiger partial charge in [-0.05, 0) is 18.6 Å². The normalized spacial score (nSPS) is 11.4. The van der Waals surface area contributed by atoms with Gasteiger partial charge in [-0.2, -0.15) is 0 Å². The maximum Gasteiger partial charge on any atom is 0.137 e. The van der Waals surface area contributed by atoms with E-state index in [1.54, 1.807) is 6.20 Å². The highest BCUT2D eigenvalue weighted by Gasteiger charge is 2.19. The SMILES string of the molecule is CCOc1cncc(C(C)(C)CN)c1. The summed E-state index contributed by atoms with van der Waals surface area (Å²) in [5.41, 5.74) is 6.77. The maximum absolute atomic E-state index is 5.69. The lowest BCUT2D eigenvalue weighted by molar-refractivity contribution is 0.337. The molecule has 1 heterocycles. The predicted octanol–water partition coefficient (Wildman–Crippen LogP) is 1.72. The van der Waals surface area contributed by atoms with E-state index in [4.69, 9.17) is 10.5 Å². The van der Waals surface area contributed by atoms with Crippen LogP contribution in [0.4, 0.5) is 0 Å². The van der Waals surface area contributed by atoms with Crippen LogP contribution < -0.4 is 10.5 Å². The zero-order chi connectivity index (χ0) is 10.6. The molecule has 1 rings (SSSR count). The lowest BCUT2D eigenvalue weighted by atomic mass is 9.86. The Morgan fingerprint density at radius 1 is 1.43 bits per heavy atom. The van der Waals surface area contributed by atoms with Crippen LogP contribution in [0.5, 0.6) is 5.75 Å². The van der Waals surface area contributed by atoms with Gasteiger partial charge < -0.3 is 10.5 Å². The number of nitrogens with two attached hydrogens (primary N) is 1. The molecule has 0 unspecified atom stereocenters. The molecule has 0 radical (unpaired) electrons. The maximum atomic E-state index is 5.69. The van der Waals surface area contributed by atoms with Crippen LogP contribution in [-0.4, -0.2) is 18.1 Å². The smallest absolute Gasteiger partial charge is 0.137 e. The summed E-state index contributed by atoms with van der Waals surface area (Å²) in [6.07, 6.45) is 3.56. The summed E-state index contributed by atoms with van der Waals surface area (Å²) in [7, 11) is 0. The van der Waals surface area contributed by atoms with E-state index in [9.17, 15) is 0 Å². The Bertz CT molecular complexity index is 297. The molecule has 0 aliphatic carbocycles. The van der Waals surface area contributed by atoms with Gasteiger partial charge in [0.15, 0.2) is 0 Å². The van der Waals surface area contributed by atoms with Crippen molar-refractivity contribution in [3.63, 3.8) is 0 Å². The highest BCUT2D eigenvalue weighted by atomic mass is 16.5. The highest BCUT2D eigenvalue weighted by molar-refractivity contribution is 5.29. The van der Waals surface area contributed by atoms with Crippen LogP contribution in [0.3, 0.4) is 0 Å². The monoisotopic (exact) mass is 194 g/mol. The van der Waals surface area contributed by atoms with Gasteiger partial charge in [-0.25, -0.2) is 0 Å². The van der Waals surface area contributed by atoms with E-state index < -0.39 is 0 Å². The molecule has 0 saturated carbocycles. The van der Waals surface area contributed by atoms with Gasteiger partial charge in [-0.15, -0.1) is 0 Å². The molecule has 3 nitrogen and oxygen atoms in total. The zero-order valence-corrected chi connectivity index (χ0v) is 9.08. The van der Waals surface area contributed by atoms with Crippen LogP contribution in [0.2, 0.25) is 0 Å². The number of hydrogen-bond donors (Lipinski definition) is 1. The van der Waals surface area contributed by atoms with Crippen molar-refractivity contribution in [2.75, 3.05) is 13.2 Å². The molecule has 0 aromatic carbocycles. The molecule has 1 aromatic heterocycles. The summed E-state index contributed by atoms with van der Waals surface area (Å²) in [5, 5.41) is 0. The average molecular weight is 194 g/mol. The molecule has 0 aliphatic heterocycles. The molecule has 0 bridgehead atoms. The molecular weight excluding hydrogens is 176 g/mol. The Labute approximate surface area is 85.3 Å². The summed E-state index contributed by atoms with van der Waals surface area (Å²) in [5.74, 6) is 0.812. The summed E-state index contributed by atoms with van der Waals surface area (Å²) in [6, 6.07) is 2.00. The third-order valence-corrected chi connectivity index (χ3v) is 2.32. The predicted molar refractivity (Wildman–Crippen MR) is 57.5 cm³/mol. The first-order valence-corrected chi connectivity index (χ1v) is 4.88. The quantitative estimate of drug-likeness (QED) is 0.793. The van der Waals surface area contributed by atoms with Crippen molar-refractivity contribution in [3.05, 3.63) is 24.0 Å². The molecular formula is C11H18N2O. The van der Waals surface area contributed by atoms with Crippen molar-refractivity contribution < 1.29 is 4.74 Å². The zero-order valence-electron chi connectivity index (χ0n) is 9.08. The second-order valence-electron chi connectivity index (χ2n) is 3.93. The second-order valence-corrected chi connectivity index (χ2v) is 3.93. The summed E-state index contributed by atoms with van der Waals surface area (Å²) in [6.45, 7) is 7.42. The number of nitrogens with zero attached hydrogens (tertiary/aromatic N) is 1. The molecule has 2 N–H and O–H groups in total. The fraction of sp³-hybridized carbons (Fsp3) is 0.545. The Morgan fingerprint density at radius 2 is 2.14 bits per heavy atom. The number of rotatable bonds is 4. The van der Waals surface area contributed by atoms with Crippen LogP contribution in [0.15, 0.2) is 18.5 Å². The van der Waals surface area contributed by atoms with Gasteiger partial charge in [0, 0.05) is 18.2 Å². The van der Waals surface area contributed by atoms with Crippen molar-refractivity contribution >= 4 is 0 Å². The van der Waals surface area contributed by atoms with Crippen molar-refractivity contribution in [2.45, 2.75) is 26.2 Å². The molecule has 78 valence electrons. The van der Waals surface area contributed by atoms with Gasteiger partial charge in [-0.3, -0.25) is 4.98 Å². The minimum atomic E-state index is -0.0416. The summed E-state index contributed by atoms with van der Waals surface area (Å²) < 4.78 is 5.38. The Hall–Kier alpha value is -1.09. The van der Waals surface area contributed by atoms with E-state index in [-0.39, 0.29) is 5.41 Å². The first kappa shape index (κ1) is 11.0. The molecule has 0 atom stereocenters. The van der Waals surface area contributed by atoms with Crippen LogP contribution in [0.1, 0.15) is 26.3 Å². The van der Waals surface area contributed by atoms with Crippen molar-refractivity contribution in [2.24, 2.45) is 5.73 Å². The molecule has 0 spiro atoms. The van der Waals surface area contributed by atoms with E-state index in [0.717, 1.165) is 11.3 Å². The van der Waals surface area contributed by atoms with Gasteiger partial charge in [0.2, 0.25) is 0 Å². The fourth-order valence-corrected chi connectivity index (χ4v) is 1.15. The van der Waals surface area contributed by atoms with Gasteiger partial charge >= 0.3 is 0 Å². The van der Waals surface area contributed by atoms with E-state index in [1.165, 1.54) is 0 Å². The summed E-state index contributed by atoms with van der Waals surface area (Å²) in [4.78, 5) is 4.14. The van der Waals surface area contributed by atoms with E-state index in [0.29, 0.717) is 13.2 Å². The third-order valence-electron chi connectivity index (χ3n) is 2.32. The molecule has 3 heteroatoms. The molecule has 1 aromatic rings. The standard InChI is InChI=1S/C11H18N2O/c1-4-14-10-5-9(6-13-7-10)11(2,3)8-12/h5-7H,4,8,12H2,1-3H3. The Kier molecular flexibility index (Phi) is 3.47. The van der Waals surface area contributed by atoms with E-state index >= 15 is 0 Å². The Balaban J connectivity index is 2.93. The Morgan fingerprint density at radius 3 is 2.71 bits per heavy atom. The fourth-order valence-electron chi connectivity index (χ4n) is 1.15. The van der Waals surface area contributed by atoms with Gasteiger partial charge in [0.25, 0.3) is 0 Å². The van der Waals surface area contributed by atoms with E-state index in [2.05, 4.69) is 18.8 Å². The minimum absolute atomic E-state index is 0.0416. The van der Waals surface area contributed by atoms with Gasteiger partial charge in [-0.1, -0.05) is 13.8 Å². The molecule has 0 fully saturated rings. The molecule has 0 saturated heterocycles. The van der Waals surface area contributed by atoms with Crippen molar-refractivity contribution in [3.8, 4) is 5.75 Å². The number of aromatic nitrogens is 1. The minimum Gasteiger partial charge on any atom is -0.492 e. The lowest BCUT2D eigenvalue weighted by Gasteiger charge is -2.22. The summed E-state index contributed by atoms with van der Waals surface area (Å²) >= 11 is 0. The largest absolute Gasteiger partial charge is 0.492 e. The van der Waals surface area contributed by atoms with Crippen molar-refractivity contribution in [1.29, 1.82) is 0 Å². The van der Waals surface area contributed by atoms with E-state index in [1.807, 2.05) is 19.2 Å². The number of ether oxygens (including phenoxy) is 1. The lowest BCUT2D eigenvalue weighted by Crippen LogP contribution is -2.28. The van der Waals surface area contributed by atoms with Gasteiger partial charge in [0.05, 0.1) is 12.8 Å². The molecule has 14 heavy (non-hydrogen) atoms. The molecule has 0 aliphatic rings. The van der Waals surface area contributed by atoms with Crippen LogP contribution in [0, 0.1) is 0 Å².